The highest BCUT2D eigenvalue weighted by molar-refractivity contribution is 5.30. The van der Waals surface area contributed by atoms with Crippen molar-refractivity contribution in [2.45, 2.75) is 58.5 Å². The van der Waals surface area contributed by atoms with E-state index in [1.807, 2.05) is 0 Å². The lowest BCUT2D eigenvalue weighted by Gasteiger charge is -2.40. The SMILES string of the molecule is CCCNCC1(CN2Cc3ccccc3C2)CCCCC1. The summed E-state index contributed by atoms with van der Waals surface area (Å²) in [7, 11) is 0. The van der Waals surface area contributed by atoms with Gasteiger partial charge in [0.15, 0.2) is 0 Å². The van der Waals surface area contributed by atoms with Crippen LogP contribution in [-0.2, 0) is 13.1 Å². The van der Waals surface area contributed by atoms with Gasteiger partial charge in [-0.2, -0.15) is 0 Å². The first-order valence-electron chi connectivity index (χ1n) is 8.81. The van der Waals surface area contributed by atoms with Gasteiger partial charge in [0, 0.05) is 26.2 Å². The van der Waals surface area contributed by atoms with Crippen LogP contribution in [0.5, 0.6) is 0 Å². The second-order valence-corrected chi connectivity index (χ2v) is 7.15. The number of nitrogens with one attached hydrogen (secondary N) is 1. The third-order valence-electron chi connectivity index (χ3n) is 5.31. The lowest BCUT2D eigenvalue weighted by atomic mass is 9.73. The molecule has 21 heavy (non-hydrogen) atoms. The minimum absolute atomic E-state index is 0.523. The zero-order valence-electron chi connectivity index (χ0n) is 13.5. The van der Waals surface area contributed by atoms with Gasteiger partial charge < -0.3 is 5.32 Å². The maximum Gasteiger partial charge on any atom is 0.0240 e. The van der Waals surface area contributed by atoms with E-state index in [1.54, 1.807) is 11.1 Å². The number of rotatable bonds is 6. The van der Waals surface area contributed by atoms with Crippen molar-refractivity contribution in [2.24, 2.45) is 5.41 Å². The van der Waals surface area contributed by atoms with Crippen LogP contribution in [0, 0.1) is 5.41 Å². The van der Waals surface area contributed by atoms with Crippen LogP contribution in [0.3, 0.4) is 0 Å². The zero-order valence-corrected chi connectivity index (χ0v) is 13.5. The van der Waals surface area contributed by atoms with Gasteiger partial charge in [-0.25, -0.2) is 0 Å². The third kappa shape index (κ3) is 3.67. The Balaban J connectivity index is 1.62. The van der Waals surface area contributed by atoms with Crippen LogP contribution < -0.4 is 5.32 Å². The molecule has 2 aliphatic rings. The summed E-state index contributed by atoms with van der Waals surface area (Å²) in [6.45, 7) is 8.24. The highest BCUT2D eigenvalue weighted by Crippen LogP contribution is 2.38. The van der Waals surface area contributed by atoms with Crippen LogP contribution in [-0.4, -0.2) is 24.5 Å². The summed E-state index contributed by atoms with van der Waals surface area (Å²) in [6, 6.07) is 8.97. The number of nitrogens with zero attached hydrogens (tertiary/aromatic N) is 1. The summed E-state index contributed by atoms with van der Waals surface area (Å²) in [5, 5.41) is 3.71. The predicted molar refractivity (Wildman–Crippen MR) is 89.2 cm³/mol. The Morgan fingerprint density at radius 1 is 1.05 bits per heavy atom. The van der Waals surface area contributed by atoms with E-state index < -0.39 is 0 Å². The first-order valence-corrected chi connectivity index (χ1v) is 8.81. The average molecular weight is 286 g/mol. The summed E-state index contributed by atoms with van der Waals surface area (Å²) in [6.07, 6.45) is 8.36. The van der Waals surface area contributed by atoms with E-state index in [2.05, 4.69) is 41.4 Å². The van der Waals surface area contributed by atoms with E-state index in [0.717, 1.165) is 13.1 Å². The van der Waals surface area contributed by atoms with Gasteiger partial charge in [0.1, 0.15) is 0 Å². The monoisotopic (exact) mass is 286 g/mol. The molecule has 1 saturated carbocycles. The molecule has 2 nitrogen and oxygen atoms in total. The number of fused-ring (bicyclic) bond motifs is 1. The maximum absolute atomic E-state index is 3.71. The molecule has 1 aromatic rings. The van der Waals surface area contributed by atoms with Crippen LogP contribution in [0.15, 0.2) is 24.3 Å². The molecule has 1 aliphatic heterocycles. The Morgan fingerprint density at radius 3 is 2.33 bits per heavy atom. The molecule has 116 valence electrons. The average Bonchev–Trinajstić information content (AvgIpc) is 2.90. The Bertz CT molecular complexity index is 424. The zero-order chi connectivity index (χ0) is 14.5. The van der Waals surface area contributed by atoms with Gasteiger partial charge in [0.2, 0.25) is 0 Å². The Kier molecular flexibility index (Phi) is 4.97. The van der Waals surface area contributed by atoms with Gasteiger partial charge in [-0.05, 0) is 42.3 Å². The Hall–Kier alpha value is -0.860. The third-order valence-corrected chi connectivity index (χ3v) is 5.31. The van der Waals surface area contributed by atoms with Gasteiger partial charge in [-0.3, -0.25) is 4.90 Å². The molecule has 0 aromatic heterocycles. The van der Waals surface area contributed by atoms with Gasteiger partial charge in [-0.1, -0.05) is 50.5 Å². The number of benzene rings is 1. The highest BCUT2D eigenvalue weighted by Gasteiger charge is 2.34. The maximum atomic E-state index is 3.71. The number of hydrogen-bond donors (Lipinski definition) is 1. The summed E-state index contributed by atoms with van der Waals surface area (Å²) in [5.74, 6) is 0. The minimum atomic E-state index is 0.523. The molecule has 1 N–H and O–H groups in total. The highest BCUT2D eigenvalue weighted by atomic mass is 15.1. The molecule has 1 aromatic carbocycles. The van der Waals surface area contributed by atoms with Crippen molar-refractivity contribution < 1.29 is 0 Å². The molecule has 0 radical (unpaired) electrons. The van der Waals surface area contributed by atoms with Crippen LogP contribution >= 0.6 is 0 Å². The molecule has 0 saturated heterocycles. The Morgan fingerprint density at radius 2 is 1.71 bits per heavy atom. The molecule has 0 amide bonds. The predicted octanol–water partition coefficient (Wildman–Crippen LogP) is 3.95. The quantitative estimate of drug-likeness (QED) is 0.797. The lowest BCUT2D eigenvalue weighted by molar-refractivity contribution is 0.101. The van der Waals surface area contributed by atoms with Crippen molar-refractivity contribution >= 4 is 0 Å². The molecule has 1 aliphatic carbocycles. The van der Waals surface area contributed by atoms with Crippen LogP contribution in [0.2, 0.25) is 0 Å². The molecular weight excluding hydrogens is 256 g/mol. The standard InChI is InChI=1S/C19H30N2/c1-2-12-20-15-19(10-6-3-7-11-19)16-21-13-17-8-4-5-9-18(17)14-21/h4-5,8-9,20H,2-3,6-7,10-16H2,1H3. The van der Waals surface area contributed by atoms with Crippen molar-refractivity contribution in [1.29, 1.82) is 0 Å². The second-order valence-electron chi connectivity index (χ2n) is 7.15. The largest absolute Gasteiger partial charge is 0.316 e. The molecule has 2 heteroatoms. The molecule has 0 bridgehead atoms. The van der Waals surface area contributed by atoms with Crippen molar-refractivity contribution in [3.63, 3.8) is 0 Å². The summed E-state index contributed by atoms with van der Waals surface area (Å²) >= 11 is 0. The van der Waals surface area contributed by atoms with Crippen LogP contribution in [0.4, 0.5) is 0 Å². The van der Waals surface area contributed by atoms with Crippen molar-refractivity contribution in [3.05, 3.63) is 35.4 Å². The van der Waals surface area contributed by atoms with E-state index in [0.29, 0.717) is 5.41 Å². The van der Waals surface area contributed by atoms with E-state index in [4.69, 9.17) is 0 Å². The molecule has 0 unspecified atom stereocenters. The molecule has 0 spiro atoms. The molecule has 1 fully saturated rings. The van der Waals surface area contributed by atoms with E-state index in [9.17, 15) is 0 Å². The summed E-state index contributed by atoms with van der Waals surface area (Å²) in [4.78, 5) is 2.68. The molecule has 3 rings (SSSR count). The van der Waals surface area contributed by atoms with E-state index in [-0.39, 0.29) is 0 Å². The van der Waals surface area contributed by atoms with Gasteiger partial charge in [0.25, 0.3) is 0 Å². The molecular formula is C19H30N2. The fraction of sp³-hybridized carbons (Fsp3) is 0.684. The first-order chi connectivity index (χ1) is 10.3. The normalized spacial score (nSPS) is 21.4. The summed E-state index contributed by atoms with van der Waals surface area (Å²) in [5.41, 5.74) is 3.62. The second kappa shape index (κ2) is 6.93. The minimum Gasteiger partial charge on any atom is -0.316 e. The first kappa shape index (κ1) is 15.1. The van der Waals surface area contributed by atoms with Gasteiger partial charge in [0.05, 0.1) is 0 Å². The van der Waals surface area contributed by atoms with Crippen molar-refractivity contribution in [3.8, 4) is 0 Å². The van der Waals surface area contributed by atoms with Crippen molar-refractivity contribution in [1.82, 2.24) is 10.2 Å². The number of hydrogen-bond acceptors (Lipinski definition) is 2. The van der Waals surface area contributed by atoms with E-state index in [1.165, 1.54) is 58.2 Å². The van der Waals surface area contributed by atoms with Gasteiger partial charge in [-0.15, -0.1) is 0 Å². The fourth-order valence-electron chi connectivity index (χ4n) is 4.21. The van der Waals surface area contributed by atoms with Crippen LogP contribution in [0.1, 0.15) is 56.6 Å². The summed E-state index contributed by atoms with van der Waals surface area (Å²) < 4.78 is 0. The molecule has 1 heterocycles. The van der Waals surface area contributed by atoms with Crippen LogP contribution in [0.25, 0.3) is 0 Å². The van der Waals surface area contributed by atoms with Gasteiger partial charge >= 0.3 is 0 Å². The topological polar surface area (TPSA) is 15.3 Å². The smallest absolute Gasteiger partial charge is 0.0240 e. The Labute approximate surface area is 129 Å². The fourth-order valence-corrected chi connectivity index (χ4v) is 4.21. The molecule has 0 atom stereocenters. The van der Waals surface area contributed by atoms with E-state index >= 15 is 0 Å². The van der Waals surface area contributed by atoms with Crippen molar-refractivity contribution in [2.75, 3.05) is 19.6 Å². The lowest BCUT2D eigenvalue weighted by Crippen LogP contribution is -2.44.